The highest BCUT2D eigenvalue weighted by molar-refractivity contribution is 5.47. The number of anilines is 1. The van der Waals surface area contributed by atoms with E-state index in [1.807, 2.05) is 14.1 Å². The monoisotopic (exact) mass is 234 g/mol. The number of hydrogen-bond acceptors (Lipinski definition) is 6. The van der Waals surface area contributed by atoms with E-state index in [2.05, 4.69) is 15.1 Å². The first-order valence-corrected chi connectivity index (χ1v) is 5.71. The Morgan fingerprint density at radius 1 is 1.29 bits per heavy atom. The third-order valence-electron chi connectivity index (χ3n) is 3.01. The maximum Gasteiger partial charge on any atom is 0.281 e. The fourth-order valence-corrected chi connectivity index (χ4v) is 1.73. The van der Waals surface area contributed by atoms with Gasteiger partial charge in [-0.2, -0.15) is 4.98 Å². The molecule has 0 N–H and O–H groups in total. The van der Waals surface area contributed by atoms with Crippen molar-refractivity contribution in [1.82, 2.24) is 15.1 Å². The maximum absolute atomic E-state index is 5.44. The average molecular weight is 234 g/mol. The normalized spacial score (nSPS) is 15.9. The van der Waals surface area contributed by atoms with Crippen LogP contribution in [0.4, 0.5) is 5.95 Å². The SMILES string of the molecule is CN(C)c1noc(-c2coc(C3CCC3)n2)n1. The van der Waals surface area contributed by atoms with Gasteiger partial charge in [-0.05, 0) is 18.0 Å². The summed E-state index contributed by atoms with van der Waals surface area (Å²) in [6, 6.07) is 0. The Labute approximate surface area is 98.6 Å². The summed E-state index contributed by atoms with van der Waals surface area (Å²) >= 11 is 0. The largest absolute Gasteiger partial charge is 0.448 e. The molecule has 17 heavy (non-hydrogen) atoms. The van der Waals surface area contributed by atoms with Crippen LogP contribution < -0.4 is 4.90 Å². The molecule has 90 valence electrons. The van der Waals surface area contributed by atoms with Crippen LogP contribution in [0.3, 0.4) is 0 Å². The van der Waals surface area contributed by atoms with Gasteiger partial charge in [-0.3, -0.25) is 0 Å². The summed E-state index contributed by atoms with van der Waals surface area (Å²) in [5.74, 6) is 2.20. The van der Waals surface area contributed by atoms with Crippen molar-refractivity contribution in [3.05, 3.63) is 12.2 Å². The van der Waals surface area contributed by atoms with Crippen LogP contribution in [-0.2, 0) is 0 Å². The Morgan fingerprint density at radius 3 is 2.71 bits per heavy atom. The number of rotatable bonds is 3. The Kier molecular flexibility index (Phi) is 2.35. The van der Waals surface area contributed by atoms with Gasteiger partial charge in [-0.25, -0.2) is 4.98 Å². The van der Waals surface area contributed by atoms with Crippen LogP contribution in [0.1, 0.15) is 31.1 Å². The number of aromatic nitrogens is 3. The summed E-state index contributed by atoms with van der Waals surface area (Å²) in [4.78, 5) is 10.4. The van der Waals surface area contributed by atoms with Crippen molar-refractivity contribution >= 4 is 5.95 Å². The molecule has 0 saturated heterocycles. The molecule has 2 aromatic heterocycles. The molecular weight excluding hydrogens is 220 g/mol. The van der Waals surface area contributed by atoms with E-state index in [4.69, 9.17) is 8.94 Å². The quantitative estimate of drug-likeness (QED) is 0.809. The standard InChI is InChI=1S/C11H14N4O2/c1-15(2)11-13-10(17-14-11)8-6-16-9(12-8)7-4-3-5-7/h6-7H,3-5H2,1-2H3. The van der Waals surface area contributed by atoms with Gasteiger partial charge in [0, 0.05) is 20.0 Å². The summed E-state index contributed by atoms with van der Waals surface area (Å²) in [6.07, 6.45) is 5.16. The fourth-order valence-electron chi connectivity index (χ4n) is 1.73. The van der Waals surface area contributed by atoms with Gasteiger partial charge in [0.15, 0.2) is 11.6 Å². The highest BCUT2D eigenvalue weighted by Crippen LogP contribution is 2.36. The Hall–Kier alpha value is -1.85. The molecule has 0 amide bonds. The van der Waals surface area contributed by atoms with E-state index in [1.165, 1.54) is 6.42 Å². The molecule has 0 atom stereocenters. The van der Waals surface area contributed by atoms with Crippen molar-refractivity contribution in [2.75, 3.05) is 19.0 Å². The van der Waals surface area contributed by atoms with Crippen LogP contribution in [0.25, 0.3) is 11.6 Å². The molecule has 1 fully saturated rings. The third-order valence-corrected chi connectivity index (χ3v) is 3.01. The first kappa shape index (κ1) is 10.3. The second kappa shape index (κ2) is 3.87. The Bertz CT molecular complexity index is 513. The first-order valence-electron chi connectivity index (χ1n) is 5.71. The highest BCUT2D eigenvalue weighted by Gasteiger charge is 2.25. The predicted octanol–water partition coefficient (Wildman–Crippen LogP) is 2.06. The molecule has 6 heteroatoms. The van der Waals surface area contributed by atoms with E-state index in [1.54, 1.807) is 11.2 Å². The van der Waals surface area contributed by atoms with Crippen molar-refractivity contribution in [2.45, 2.75) is 25.2 Å². The van der Waals surface area contributed by atoms with Gasteiger partial charge in [0.25, 0.3) is 11.8 Å². The molecule has 0 aromatic carbocycles. The molecule has 6 nitrogen and oxygen atoms in total. The van der Waals surface area contributed by atoms with Gasteiger partial charge in [-0.15, -0.1) is 0 Å². The van der Waals surface area contributed by atoms with Gasteiger partial charge >= 0.3 is 0 Å². The first-order chi connectivity index (χ1) is 8.24. The van der Waals surface area contributed by atoms with Crippen LogP contribution in [0.2, 0.25) is 0 Å². The molecule has 0 aliphatic heterocycles. The van der Waals surface area contributed by atoms with Crippen LogP contribution in [0, 0.1) is 0 Å². The van der Waals surface area contributed by atoms with Crippen molar-refractivity contribution < 1.29 is 8.94 Å². The molecule has 2 aromatic rings. The molecular formula is C11H14N4O2. The molecule has 0 spiro atoms. The molecule has 1 saturated carbocycles. The van der Waals surface area contributed by atoms with Crippen molar-refractivity contribution in [2.24, 2.45) is 0 Å². The molecule has 0 bridgehead atoms. The predicted molar refractivity (Wildman–Crippen MR) is 60.7 cm³/mol. The lowest BCUT2D eigenvalue weighted by Gasteiger charge is -2.21. The second-order valence-electron chi connectivity index (χ2n) is 4.49. The number of hydrogen-bond donors (Lipinski definition) is 0. The second-order valence-corrected chi connectivity index (χ2v) is 4.49. The van der Waals surface area contributed by atoms with Crippen molar-refractivity contribution in [1.29, 1.82) is 0 Å². The summed E-state index contributed by atoms with van der Waals surface area (Å²) in [5, 5.41) is 3.84. The van der Waals surface area contributed by atoms with E-state index in [-0.39, 0.29) is 0 Å². The Morgan fingerprint density at radius 2 is 2.12 bits per heavy atom. The summed E-state index contributed by atoms with van der Waals surface area (Å²) in [5.41, 5.74) is 0.618. The van der Waals surface area contributed by atoms with Crippen molar-refractivity contribution in [3.8, 4) is 11.6 Å². The lowest BCUT2D eigenvalue weighted by Crippen LogP contribution is -2.10. The molecule has 1 aliphatic carbocycles. The molecule has 0 unspecified atom stereocenters. The van der Waals surface area contributed by atoms with E-state index >= 15 is 0 Å². The van der Waals surface area contributed by atoms with E-state index < -0.39 is 0 Å². The molecule has 3 rings (SSSR count). The maximum atomic E-state index is 5.44. The van der Waals surface area contributed by atoms with Gasteiger partial charge in [0.1, 0.15) is 6.26 Å². The van der Waals surface area contributed by atoms with Gasteiger partial charge in [0.05, 0.1) is 0 Å². The van der Waals surface area contributed by atoms with Gasteiger partial charge in [-0.1, -0.05) is 6.42 Å². The summed E-state index contributed by atoms with van der Waals surface area (Å²) in [6.45, 7) is 0. The average Bonchev–Trinajstić information content (AvgIpc) is 2.80. The minimum Gasteiger partial charge on any atom is -0.448 e. The highest BCUT2D eigenvalue weighted by atomic mass is 16.5. The molecule has 2 heterocycles. The smallest absolute Gasteiger partial charge is 0.281 e. The lowest BCUT2D eigenvalue weighted by molar-refractivity contribution is 0.335. The molecule has 1 aliphatic rings. The van der Waals surface area contributed by atoms with E-state index in [9.17, 15) is 0 Å². The Balaban J connectivity index is 1.84. The molecule has 0 radical (unpaired) electrons. The number of oxazole rings is 1. The zero-order valence-electron chi connectivity index (χ0n) is 9.88. The fraction of sp³-hybridized carbons (Fsp3) is 0.545. The summed E-state index contributed by atoms with van der Waals surface area (Å²) in [7, 11) is 3.72. The van der Waals surface area contributed by atoms with Crippen LogP contribution in [0.15, 0.2) is 15.2 Å². The lowest BCUT2D eigenvalue weighted by atomic mass is 9.85. The van der Waals surface area contributed by atoms with E-state index in [0.717, 1.165) is 18.7 Å². The third kappa shape index (κ3) is 1.79. The summed E-state index contributed by atoms with van der Waals surface area (Å²) < 4.78 is 10.6. The van der Waals surface area contributed by atoms with E-state index in [0.29, 0.717) is 23.5 Å². The van der Waals surface area contributed by atoms with Gasteiger partial charge < -0.3 is 13.8 Å². The van der Waals surface area contributed by atoms with Crippen LogP contribution >= 0.6 is 0 Å². The topological polar surface area (TPSA) is 68.2 Å². The van der Waals surface area contributed by atoms with Crippen LogP contribution in [0.5, 0.6) is 0 Å². The minimum atomic E-state index is 0.406. The zero-order valence-corrected chi connectivity index (χ0v) is 9.88. The van der Waals surface area contributed by atoms with Gasteiger partial charge in [0.2, 0.25) is 0 Å². The minimum absolute atomic E-state index is 0.406. The van der Waals surface area contributed by atoms with Crippen molar-refractivity contribution in [3.63, 3.8) is 0 Å². The zero-order chi connectivity index (χ0) is 11.8. The van der Waals surface area contributed by atoms with Crippen LogP contribution in [-0.4, -0.2) is 29.2 Å². The number of nitrogens with zero attached hydrogens (tertiary/aromatic N) is 4.